The summed E-state index contributed by atoms with van der Waals surface area (Å²) in [6.45, 7) is 19.5. The lowest BCUT2D eigenvalue weighted by Gasteiger charge is -2.59. The van der Waals surface area contributed by atoms with Gasteiger partial charge in [-0.1, -0.05) is 18.2 Å². The zero-order valence-corrected chi connectivity index (χ0v) is 17.3. The van der Waals surface area contributed by atoms with Crippen molar-refractivity contribution in [1.82, 2.24) is 4.90 Å². The third kappa shape index (κ3) is 3.75. The molecule has 0 aromatic heterocycles. The predicted octanol–water partition coefficient (Wildman–Crippen LogP) is 4.30. The summed E-state index contributed by atoms with van der Waals surface area (Å²) in [7, 11) is 0. The van der Waals surface area contributed by atoms with E-state index < -0.39 is 0 Å². The number of ether oxygens (including phenoxy) is 1. The quantitative estimate of drug-likeness (QED) is 0.887. The molecule has 0 bridgehead atoms. The molecule has 1 aromatic rings. The van der Waals surface area contributed by atoms with Crippen molar-refractivity contribution in [3.63, 3.8) is 0 Å². The first kappa shape index (κ1) is 19.9. The van der Waals surface area contributed by atoms with Gasteiger partial charge < -0.3 is 10.1 Å². The summed E-state index contributed by atoms with van der Waals surface area (Å²) in [6.07, 6.45) is 0. The van der Waals surface area contributed by atoms with Gasteiger partial charge >= 0.3 is 0 Å². The lowest BCUT2D eigenvalue weighted by atomic mass is 9.79. The normalized spacial score (nSPS) is 23.1. The molecule has 2 rings (SSSR count). The summed E-state index contributed by atoms with van der Waals surface area (Å²) in [5.74, 6) is 0.0268. The monoisotopic (exact) mass is 346 g/mol. The van der Waals surface area contributed by atoms with Crippen LogP contribution >= 0.6 is 0 Å². The predicted molar refractivity (Wildman–Crippen MR) is 104 cm³/mol. The number of rotatable bonds is 3. The van der Waals surface area contributed by atoms with Gasteiger partial charge in [0.25, 0.3) is 0 Å². The van der Waals surface area contributed by atoms with Gasteiger partial charge in [0.15, 0.2) is 0 Å². The Morgan fingerprint density at radius 2 is 1.64 bits per heavy atom. The summed E-state index contributed by atoms with van der Waals surface area (Å²) >= 11 is 0. The van der Waals surface area contributed by atoms with Crippen LogP contribution in [0.5, 0.6) is 0 Å². The zero-order valence-electron chi connectivity index (χ0n) is 17.3. The molecule has 1 aliphatic rings. The topological polar surface area (TPSA) is 41.6 Å². The molecule has 1 saturated heterocycles. The van der Waals surface area contributed by atoms with E-state index >= 15 is 0 Å². The van der Waals surface area contributed by atoms with Gasteiger partial charge in [-0.2, -0.15) is 0 Å². The Morgan fingerprint density at radius 1 is 1.12 bits per heavy atom. The van der Waals surface area contributed by atoms with Crippen molar-refractivity contribution in [2.45, 2.75) is 85.1 Å². The number of hydrogen-bond donors (Lipinski definition) is 1. The van der Waals surface area contributed by atoms with E-state index in [0.29, 0.717) is 6.54 Å². The fourth-order valence-corrected chi connectivity index (χ4v) is 3.80. The summed E-state index contributed by atoms with van der Waals surface area (Å²) < 4.78 is 6.32. The number of amides is 1. The van der Waals surface area contributed by atoms with Crippen molar-refractivity contribution in [1.29, 1.82) is 0 Å². The maximum atomic E-state index is 13.0. The Kier molecular flexibility index (Phi) is 5.10. The molecular weight excluding hydrogens is 312 g/mol. The van der Waals surface area contributed by atoms with Gasteiger partial charge in [-0.25, -0.2) is 0 Å². The van der Waals surface area contributed by atoms with Crippen LogP contribution in [0.2, 0.25) is 0 Å². The molecule has 1 amide bonds. The average Bonchev–Trinajstić information content (AvgIpc) is 2.45. The average molecular weight is 347 g/mol. The van der Waals surface area contributed by atoms with Crippen LogP contribution in [0, 0.1) is 13.8 Å². The van der Waals surface area contributed by atoms with E-state index in [2.05, 4.69) is 51.8 Å². The van der Waals surface area contributed by atoms with Crippen LogP contribution in [0.15, 0.2) is 18.2 Å². The van der Waals surface area contributed by atoms with Crippen LogP contribution in [-0.4, -0.2) is 40.1 Å². The molecule has 140 valence electrons. The third-order valence-electron chi connectivity index (χ3n) is 5.85. The highest BCUT2D eigenvalue weighted by molar-refractivity contribution is 5.96. The van der Waals surface area contributed by atoms with Gasteiger partial charge in [-0.05, 0) is 73.4 Å². The van der Waals surface area contributed by atoms with Crippen molar-refractivity contribution >= 4 is 11.6 Å². The third-order valence-corrected chi connectivity index (χ3v) is 5.85. The second kappa shape index (κ2) is 6.40. The number of aryl methyl sites for hydroxylation is 2. The molecule has 1 fully saturated rings. The van der Waals surface area contributed by atoms with E-state index in [4.69, 9.17) is 4.74 Å². The fourth-order valence-electron chi connectivity index (χ4n) is 3.80. The van der Waals surface area contributed by atoms with Crippen LogP contribution in [0.25, 0.3) is 0 Å². The number of benzene rings is 1. The molecule has 1 unspecified atom stereocenters. The zero-order chi connectivity index (χ0) is 19.2. The number of anilines is 1. The Balaban J connectivity index is 2.28. The smallest absolute Gasteiger partial charge is 0.241 e. The minimum Gasteiger partial charge on any atom is -0.366 e. The van der Waals surface area contributed by atoms with E-state index in [-0.39, 0.29) is 28.7 Å². The minimum atomic E-state index is -0.359. The number of carbonyl (C=O) groups is 1. The van der Waals surface area contributed by atoms with Crippen molar-refractivity contribution in [3.05, 3.63) is 29.3 Å². The second-order valence-electron chi connectivity index (χ2n) is 8.99. The molecule has 1 aromatic carbocycles. The Hall–Kier alpha value is -1.39. The molecule has 25 heavy (non-hydrogen) atoms. The van der Waals surface area contributed by atoms with Crippen LogP contribution in [-0.2, 0) is 9.53 Å². The number of nitrogens with zero attached hydrogens (tertiary/aromatic N) is 1. The molecule has 4 nitrogen and oxygen atoms in total. The van der Waals surface area contributed by atoms with E-state index in [1.165, 1.54) is 0 Å². The number of carbonyl (C=O) groups excluding carboxylic acids is 1. The first-order chi connectivity index (χ1) is 11.3. The van der Waals surface area contributed by atoms with Crippen LogP contribution in [0.1, 0.15) is 59.6 Å². The minimum absolute atomic E-state index is 0.0268. The first-order valence-electron chi connectivity index (χ1n) is 9.12. The molecule has 0 aliphatic carbocycles. The van der Waals surface area contributed by atoms with Crippen molar-refractivity contribution < 1.29 is 9.53 Å². The Labute approximate surface area is 152 Å². The van der Waals surface area contributed by atoms with Gasteiger partial charge in [0, 0.05) is 17.8 Å². The molecule has 1 atom stereocenters. The highest BCUT2D eigenvalue weighted by Crippen LogP contribution is 2.41. The fraction of sp³-hybridized carbons (Fsp3) is 0.667. The van der Waals surface area contributed by atoms with Gasteiger partial charge in [0.2, 0.25) is 5.91 Å². The highest BCUT2D eigenvalue weighted by Gasteiger charge is 2.53. The lowest BCUT2D eigenvalue weighted by Crippen LogP contribution is -2.71. The summed E-state index contributed by atoms with van der Waals surface area (Å²) in [5, 5.41) is 3.15. The number of hydrogen-bond acceptors (Lipinski definition) is 3. The largest absolute Gasteiger partial charge is 0.366 e. The Morgan fingerprint density at radius 3 is 2.16 bits per heavy atom. The molecular formula is C21H34N2O2. The van der Waals surface area contributed by atoms with E-state index in [9.17, 15) is 4.79 Å². The first-order valence-corrected chi connectivity index (χ1v) is 9.12. The van der Waals surface area contributed by atoms with Crippen LogP contribution in [0.4, 0.5) is 5.69 Å². The SMILES string of the molecule is Cc1cccc(C)c1NC(=O)C(C)N1CC(C)(C)OC(C)(C)C1(C)C. The van der Waals surface area contributed by atoms with E-state index in [0.717, 1.165) is 16.8 Å². The maximum Gasteiger partial charge on any atom is 0.241 e. The van der Waals surface area contributed by atoms with Crippen LogP contribution < -0.4 is 5.32 Å². The summed E-state index contributed by atoms with van der Waals surface area (Å²) in [5.41, 5.74) is 2.17. The summed E-state index contributed by atoms with van der Waals surface area (Å²) in [6, 6.07) is 5.81. The van der Waals surface area contributed by atoms with Gasteiger partial charge in [0.1, 0.15) is 0 Å². The van der Waals surface area contributed by atoms with Gasteiger partial charge in [-0.3, -0.25) is 9.69 Å². The lowest BCUT2D eigenvalue weighted by molar-refractivity contribution is -0.244. The molecule has 1 aliphatic heterocycles. The molecule has 4 heteroatoms. The van der Waals surface area contributed by atoms with Crippen molar-refractivity contribution in [2.24, 2.45) is 0 Å². The molecule has 1 heterocycles. The molecule has 1 N–H and O–H groups in total. The van der Waals surface area contributed by atoms with Crippen molar-refractivity contribution in [2.75, 3.05) is 11.9 Å². The number of nitrogens with one attached hydrogen (secondary N) is 1. The van der Waals surface area contributed by atoms with Crippen molar-refractivity contribution in [3.8, 4) is 0 Å². The van der Waals surface area contributed by atoms with Crippen LogP contribution in [0.3, 0.4) is 0 Å². The van der Waals surface area contributed by atoms with Gasteiger partial charge in [-0.15, -0.1) is 0 Å². The molecule has 0 spiro atoms. The highest BCUT2D eigenvalue weighted by atomic mass is 16.5. The Bertz CT molecular complexity index is 642. The second-order valence-corrected chi connectivity index (χ2v) is 8.99. The summed E-state index contributed by atoms with van der Waals surface area (Å²) in [4.78, 5) is 15.3. The van der Waals surface area contributed by atoms with Gasteiger partial charge in [0.05, 0.1) is 17.2 Å². The maximum absolute atomic E-state index is 13.0. The molecule has 0 radical (unpaired) electrons. The number of morpholine rings is 1. The number of para-hydroxylation sites is 1. The molecule has 0 saturated carbocycles. The van der Waals surface area contributed by atoms with E-state index in [1.807, 2.05) is 39.0 Å². The van der Waals surface area contributed by atoms with E-state index in [1.54, 1.807) is 0 Å². The standard InChI is InChI=1S/C21H34N2O2/c1-14-11-10-12-15(2)17(14)22-18(24)16(3)23-13-19(4,5)25-21(8,9)20(23,6)7/h10-12,16H,13H2,1-9H3,(H,22,24).